The molecule has 1 saturated heterocycles. The molecule has 0 aromatic heterocycles. The first-order valence-corrected chi connectivity index (χ1v) is 12.4. The van der Waals surface area contributed by atoms with Crippen LogP contribution in [0.15, 0.2) is 72.8 Å². The first kappa shape index (κ1) is 25.4. The highest BCUT2D eigenvalue weighted by Gasteiger charge is 2.43. The fraction of sp³-hybridized carbons (Fsp3) is 0.345. The number of hydrogen-bond acceptors (Lipinski definition) is 2. The van der Waals surface area contributed by atoms with Gasteiger partial charge >= 0.3 is 6.18 Å². The number of likely N-dealkylation sites (tertiary alicyclic amines) is 1. The van der Waals surface area contributed by atoms with Crippen molar-refractivity contribution in [3.05, 3.63) is 107 Å². The molecule has 1 amide bonds. The molecule has 37 heavy (non-hydrogen) atoms. The lowest BCUT2D eigenvalue weighted by Crippen LogP contribution is -2.42. The third-order valence-electron chi connectivity index (χ3n) is 7.59. The summed E-state index contributed by atoms with van der Waals surface area (Å²) in [6.45, 7) is 1.88. The minimum atomic E-state index is -4.38. The van der Waals surface area contributed by atoms with Gasteiger partial charge in [-0.2, -0.15) is 13.2 Å². The molecule has 8 heteroatoms. The first-order valence-electron chi connectivity index (χ1n) is 12.4. The van der Waals surface area contributed by atoms with E-state index in [9.17, 15) is 26.7 Å². The van der Waals surface area contributed by atoms with Gasteiger partial charge < -0.3 is 5.32 Å². The van der Waals surface area contributed by atoms with E-state index >= 15 is 0 Å². The highest BCUT2D eigenvalue weighted by Crippen LogP contribution is 2.39. The lowest BCUT2D eigenvalue weighted by Gasteiger charge is -2.25. The summed E-state index contributed by atoms with van der Waals surface area (Å²) in [5, 5.41) is 3.19. The molecule has 1 aliphatic carbocycles. The average molecular weight is 515 g/mol. The first-order chi connectivity index (χ1) is 17.7. The average Bonchev–Trinajstić information content (AvgIpc) is 3.42. The van der Waals surface area contributed by atoms with Crippen LogP contribution < -0.4 is 5.32 Å². The molecule has 2 aliphatic rings. The largest absolute Gasteiger partial charge is 0.416 e. The molecule has 3 atom stereocenters. The number of rotatable bonds is 6. The molecule has 3 aromatic carbocycles. The number of halogens is 5. The van der Waals surface area contributed by atoms with E-state index in [0.29, 0.717) is 35.7 Å². The summed E-state index contributed by atoms with van der Waals surface area (Å²) in [4.78, 5) is 15.7. The molecule has 1 heterocycles. The quantitative estimate of drug-likeness (QED) is 0.401. The van der Waals surface area contributed by atoms with Crippen molar-refractivity contribution < 1.29 is 26.7 Å². The van der Waals surface area contributed by atoms with Gasteiger partial charge in [-0.05, 0) is 71.7 Å². The molecule has 1 saturated carbocycles. The summed E-state index contributed by atoms with van der Waals surface area (Å²) in [6, 6.07) is 16.8. The second-order valence-electron chi connectivity index (χ2n) is 10.0. The SMILES string of the molecule is O=C(N[C@@H]1CC[C@H]2CN(Cc3cccc(C(F)(F)F)c3)C[C@H]21)C(c1ccc(F)cc1)c1ccc(F)cc1. The van der Waals surface area contributed by atoms with Crippen LogP contribution in [0.2, 0.25) is 0 Å². The van der Waals surface area contributed by atoms with Crippen molar-refractivity contribution in [1.82, 2.24) is 10.2 Å². The van der Waals surface area contributed by atoms with E-state index in [1.165, 1.54) is 36.4 Å². The van der Waals surface area contributed by atoms with Crippen LogP contribution in [-0.4, -0.2) is 29.9 Å². The molecule has 2 fully saturated rings. The minimum Gasteiger partial charge on any atom is -0.352 e. The Morgan fingerprint density at radius 2 is 1.51 bits per heavy atom. The van der Waals surface area contributed by atoms with Gasteiger partial charge in [0, 0.05) is 25.7 Å². The van der Waals surface area contributed by atoms with Crippen molar-refractivity contribution in [2.45, 2.75) is 37.5 Å². The zero-order valence-electron chi connectivity index (χ0n) is 20.0. The van der Waals surface area contributed by atoms with Gasteiger partial charge in [-0.25, -0.2) is 8.78 Å². The smallest absolute Gasteiger partial charge is 0.352 e. The van der Waals surface area contributed by atoms with E-state index in [-0.39, 0.29) is 17.9 Å². The number of carbonyl (C=O) groups excluding carboxylic acids is 1. The highest BCUT2D eigenvalue weighted by atomic mass is 19.4. The second-order valence-corrected chi connectivity index (χ2v) is 10.0. The number of fused-ring (bicyclic) bond motifs is 1. The van der Waals surface area contributed by atoms with E-state index in [1.54, 1.807) is 30.3 Å². The molecule has 1 N–H and O–H groups in total. The molecule has 3 nitrogen and oxygen atoms in total. The molecule has 0 radical (unpaired) electrons. The van der Waals surface area contributed by atoms with Gasteiger partial charge in [0.25, 0.3) is 0 Å². The zero-order chi connectivity index (χ0) is 26.2. The Kier molecular flexibility index (Phi) is 7.03. The normalized spacial score (nSPS) is 21.8. The second kappa shape index (κ2) is 10.2. The van der Waals surface area contributed by atoms with Crippen LogP contribution in [0, 0.1) is 23.5 Å². The van der Waals surface area contributed by atoms with Gasteiger partial charge in [0.1, 0.15) is 11.6 Å². The summed E-state index contributed by atoms with van der Waals surface area (Å²) in [7, 11) is 0. The number of nitrogens with one attached hydrogen (secondary N) is 1. The van der Waals surface area contributed by atoms with Crippen molar-refractivity contribution in [1.29, 1.82) is 0 Å². The van der Waals surface area contributed by atoms with Gasteiger partial charge in [-0.3, -0.25) is 9.69 Å². The maximum absolute atomic E-state index is 13.5. The van der Waals surface area contributed by atoms with Gasteiger partial charge in [0.15, 0.2) is 0 Å². The summed E-state index contributed by atoms with van der Waals surface area (Å²) < 4.78 is 66.4. The van der Waals surface area contributed by atoms with Crippen molar-refractivity contribution >= 4 is 5.91 Å². The van der Waals surface area contributed by atoms with Crippen molar-refractivity contribution in [3.8, 4) is 0 Å². The predicted molar refractivity (Wildman–Crippen MR) is 130 cm³/mol. The number of amides is 1. The molecule has 1 aliphatic heterocycles. The Hall–Kier alpha value is -3.26. The highest BCUT2D eigenvalue weighted by molar-refractivity contribution is 5.87. The molecule has 0 unspecified atom stereocenters. The Morgan fingerprint density at radius 1 is 0.892 bits per heavy atom. The summed E-state index contributed by atoms with van der Waals surface area (Å²) >= 11 is 0. The van der Waals surface area contributed by atoms with E-state index in [1.807, 2.05) is 0 Å². The summed E-state index contributed by atoms with van der Waals surface area (Å²) in [5.74, 6) is -1.23. The fourth-order valence-electron chi connectivity index (χ4n) is 5.84. The monoisotopic (exact) mass is 514 g/mol. The number of hydrogen-bond donors (Lipinski definition) is 1. The molecule has 0 bridgehead atoms. The minimum absolute atomic E-state index is 0.0765. The lowest BCUT2D eigenvalue weighted by atomic mass is 9.89. The Bertz CT molecular complexity index is 1200. The standard InChI is InChI=1S/C29H27F5N2O/c30-23-9-4-19(5-10-23)27(20-6-11-24(31)12-7-20)28(37)35-26-13-8-21-16-36(17-25(21)26)15-18-2-1-3-22(14-18)29(32,33)34/h1-7,9-12,14,21,25-27H,8,13,15-17H2,(H,35,37)/t21-,25+,26+/m0/s1. The number of carbonyl (C=O) groups is 1. The molecular formula is C29H27F5N2O. The van der Waals surface area contributed by atoms with Crippen LogP contribution in [0.5, 0.6) is 0 Å². The van der Waals surface area contributed by atoms with Crippen molar-refractivity contribution in [2.24, 2.45) is 11.8 Å². The Morgan fingerprint density at radius 3 is 2.11 bits per heavy atom. The third-order valence-corrected chi connectivity index (χ3v) is 7.59. The van der Waals surface area contributed by atoms with Gasteiger partial charge in [0.05, 0.1) is 11.5 Å². The molecule has 0 spiro atoms. The van der Waals surface area contributed by atoms with Crippen LogP contribution in [0.4, 0.5) is 22.0 Å². The molecule has 5 rings (SSSR count). The van der Waals surface area contributed by atoms with Crippen LogP contribution in [-0.2, 0) is 17.5 Å². The maximum atomic E-state index is 13.5. The molecular weight excluding hydrogens is 487 g/mol. The van der Waals surface area contributed by atoms with Gasteiger partial charge in [-0.15, -0.1) is 0 Å². The van der Waals surface area contributed by atoms with Crippen LogP contribution in [0.3, 0.4) is 0 Å². The van der Waals surface area contributed by atoms with Crippen molar-refractivity contribution in [2.75, 3.05) is 13.1 Å². The number of benzene rings is 3. The van der Waals surface area contributed by atoms with E-state index in [2.05, 4.69) is 10.2 Å². The fourth-order valence-corrected chi connectivity index (χ4v) is 5.84. The topological polar surface area (TPSA) is 32.3 Å². The van der Waals surface area contributed by atoms with E-state index < -0.39 is 29.3 Å². The number of nitrogens with zero attached hydrogens (tertiary/aromatic N) is 1. The molecule has 3 aromatic rings. The van der Waals surface area contributed by atoms with Crippen LogP contribution >= 0.6 is 0 Å². The van der Waals surface area contributed by atoms with Crippen LogP contribution in [0.1, 0.15) is 41.0 Å². The Balaban J connectivity index is 1.29. The Labute approximate surface area is 212 Å². The lowest BCUT2D eigenvalue weighted by molar-refractivity contribution is -0.137. The maximum Gasteiger partial charge on any atom is 0.416 e. The van der Waals surface area contributed by atoms with E-state index in [4.69, 9.17) is 0 Å². The van der Waals surface area contributed by atoms with Gasteiger partial charge in [-0.1, -0.05) is 42.5 Å². The zero-order valence-corrected chi connectivity index (χ0v) is 20.0. The van der Waals surface area contributed by atoms with Crippen molar-refractivity contribution in [3.63, 3.8) is 0 Å². The molecule has 194 valence electrons. The van der Waals surface area contributed by atoms with Crippen LogP contribution in [0.25, 0.3) is 0 Å². The number of alkyl halides is 3. The van der Waals surface area contributed by atoms with Gasteiger partial charge in [0.2, 0.25) is 5.91 Å². The summed E-state index contributed by atoms with van der Waals surface area (Å²) in [5.41, 5.74) is 1.18. The summed E-state index contributed by atoms with van der Waals surface area (Å²) in [6.07, 6.45) is -2.64. The van der Waals surface area contributed by atoms with E-state index in [0.717, 1.165) is 25.5 Å². The third kappa shape index (κ3) is 5.69. The predicted octanol–water partition coefficient (Wildman–Crippen LogP) is 6.14.